The fraction of sp³-hybridized carbons (Fsp3) is 0.744. The van der Waals surface area contributed by atoms with Gasteiger partial charge in [0.25, 0.3) is 0 Å². The van der Waals surface area contributed by atoms with E-state index in [2.05, 4.69) is 16.0 Å². The number of nitrogens with one attached hydrogen (secondary N) is 3. The number of benzene rings is 1. The normalized spacial score (nSPS) is 20.1. The monoisotopic (exact) mass is 718 g/mol. The van der Waals surface area contributed by atoms with Gasteiger partial charge in [0.1, 0.15) is 6.04 Å². The molecule has 0 aromatic heterocycles. The quantitative estimate of drug-likeness (QED) is 0.160. The Hall–Kier alpha value is -3.06. The molecule has 1 aliphatic heterocycles. The summed E-state index contributed by atoms with van der Waals surface area (Å²) in [6, 6.07) is 6.67. The first-order chi connectivity index (χ1) is 24.0. The van der Waals surface area contributed by atoms with Gasteiger partial charge in [0, 0.05) is 27.8 Å². The number of methoxy groups -OCH3 is 2. The van der Waals surface area contributed by atoms with E-state index in [1.807, 2.05) is 71.9 Å². The van der Waals surface area contributed by atoms with E-state index in [1.165, 1.54) is 0 Å². The van der Waals surface area contributed by atoms with Crippen LogP contribution in [0, 0.1) is 23.7 Å². The molecule has 4 amide bonds. The van der Waals surface area contributed by atoms with Crippen molar-refractivity contribution in [1.82, 2.24) is 25.8 Å². The Labute approximate surface area is 306 Å². The number of aliphatic hydroxyl groups excluding tert-OH is 1. The average Bonchev–Trinajstić information content (AvgIpc) is 3.59. The number of nitrogens with zero attached hydrogens (tertiary/aromatic N) is 2. The third kappa shape index (κ3) is 11.5. The minimum atomic E-state index is -0.875. The minimum absolute atomic E-state index is 0.0148. The predicted octanol–water partition coefficient (Wildman–Crippen LogP) is 3.53. The Morgan fingerprint density at radius 1 is 0.922 bits per heavy atom. The lowest BCUT2D eigenvalue weighted by molar-refractivity contribution is -0.148. The molecule has 1 aromatic carbocycles. The van der Waals surface area contributed by atoms with Crippen LogP contribution in [0.15, 0.2) is 30.3 Å². The first-order valence-corrected chi connectivity index (χ1v) is 18.7. The third-order valence-corrected chi connectivity index (χ3v) is 10.7. The summed E-state index contributed by atoms with van der Waals surface area (Å²) < 4.78 is 11.9. The largest absolute Gasteiger partial charge is 0.386 e. The number of hydrogen-bond donors (Lipinski definition) is 4. The summed E-state index contributed by atoms with van der Waals surface area (Å²) in [7, 11) is 6.57. The molecule has 2 rings (SSSR count). The fourth-order valence-corrected chi connectivity index (χ4v) is 7.42. The molecular formula is C39H67N5O7. The number of ether oxygens (including phenoxy) is 2. The van der Waals surface area contributed by atoms with Crippen LogP contribution in [0.5, 0.6) is 0 Å². The molecule has 1 aliphatic rings. The van der Waals surface area contributed by atoms with Crippen LogP contribution in [-0.2, 0) is 28.7 Å². The van der Waals surface area contributed by atoms with E-state index in [4.69, 9.17) is 9.47 Å². The molecule has 1 saturated heterocycles. The first-order valence-electron chi connectivity index (χ1n) is 18.7. The molecule has 12 nitrogen and oxygen atoms in total. The molecular weight excluding hydrogens is 650 g/mol. The predicted molar refractivity (Wildman–Crippen MR) is 200 cm³/mol. The van der Waals surface area contributed by atoms with Crippen molar-refractivity contribution >= 4 is 23.6 Å². The number of carbonyl (C=O) groups excluding carboxylic acids is 4. The average molecular weight is 718 g/mol. The zero-order valence-corrected chi connectivity index (χ0v) is 33.1. The molecule has 0 saturated carbocycles. The number of carbonyl (C=O) groups is 4. The summed E-state index contributed by atoms with van der Waals surface area (Å²) in [4.78, 5) is 58.3. The minimum Gasteiger partial charge on any atom is -0.386 e. The molecule has 1 fully saturated rings. The molecule has 10 atom stereocenters. The van der Waals surface area contributed by atoms with E-state index in [0.717, 1.165) is 12.8 Å². The highest BCUT2D eigenvalue weighted by Gasteiger charge is 2.43. The van der Waals surface area contributed by atoms with Crippen LogP contribution in [-0.4, -0.2) is 116 Å². The van der Waals surface area contributed by atoms with Gasteiger partial charge in [-0.05, 0) is 50.1 Å². The Kier molecular flexibility index (Phi) is 18.0. The van der Waals surface area contributed by atoms with Gasteiger partial charge in [-0.25, -0.2) is 0 Å². The Balaban J connectivity index is 2.24. The maximum absolute atomic E-state index is 14.1. The number of likely N-dealkylation sites (tertiary alicyclic amines) is 1. The van der Waals surface area contributed by atoms with E-state index in [-0.39, 0.29) is 53.8 Å². The maximum Gasteiger partial charge on any atom is 0.245 e. The number of rotatable bonds is 20. The molecule has 4 N–H and O–H groups in total. The Morgan fingerprint density at radius 2 is 1.53 bits per heavy atom. The van der Waals surface area contributed by atoms with Crippen LogP contribution < -0.4 is 16.0 Å². The lowest BCUT2D eigenvalue weighted by Gasteiger charge is -2.41. The summed E-state index contributed by atoms with van der Waals surface area (Å²) >= 11 is 0. The molecule has 12 heteroatoms. The van der Waals surface area contributed by atoms with Crippen LogP contribution in [0.25, 0.3) is 0 Å². The van der Waals surface area contributed by atoms with E-state index in [0.29, 0.717) is 18.5 Å². The number of amides is 4. The smallest absolute Gasteiger partial charge is 0.245 e. The van der Waals surface area contributed by atoms with Crippen LogP contribution >= 0.6 is 0 Å². The van der Waals surface area contributed by atoms with Crippen molar-refractivity contribution in [3.05, 3.63) is 35.9 Å². The van der Waals surface area contributed by atoms with Crippen molar-refractivity contribution in [2.24, 2.45) is 23.7 Å². The first kappa shape index (κ1) is 44.1. The van der Waals surface area contributed by atoms with Gasteiger partial charge < -0.3 is 40.3 Å². The standard InChI is InChI=1S/C39H67N5O7/c1-13-25(6)34(43(10)39(49)33(24(4)5)42-38(48)32(40-9)23(2)3)30(50-11)22-31(45)44-21-17-20-29(44)36(51-12)26(7)37(47)41-27(8)35(46)28-18-15-14-16-19-28/h14-16,18-19,23-27,29-30,32-36,40,46H,13,17,20-22H2,1-12H3,(H,41,47)(H,42,48)/t25-,26-,27+,29?,30+,32-,33-,34-,35+,36+/m0/s1. The number of likely N-dealkylation sites (N-methyl/N-ethyl adjacent to an activating group) is 2. The van der Waals surface area contributed by atoms with E-state index >= 15 is 0 Å². The molecule has 0 spiro atoms. The summed E-state index contributed by atoms with van der Waals surface area (Å²) in [6.07, 6.45) is 0.147. The lowest BCUT2D eigenvalue weighted by atomic mass is 9.89. The summed E-state index contributed by atoms with van der Waals surface area (Å²) in [5.41, 5.74) is 0.711. The van der Waals surface area contributed by atoms with Gasteiger partial charge in [-0.15, -0.1) is 0 Å². The maximum atomic E-state index is 14.1. The summed E-state index contributed by atoms with van der Waals surface area (Å²) in [6.45, 7) is 15.9. The zero-order chi connectivity index (χ0) is 38.6. The van der Waals surface area contributed by atoms with Crippen molar-refractivity contribution in [1.29, 1.82) is 0 Å². The van der Waals surface area contributed by atoms with Gasteiger partial charge in [0.2, 0.25) is 23.6 Å². The second kappa shape index (κ2) is 20.8. The van der Waals surface area contributed by atoms with Gasteiger partial charge in [-0.2, -0.15) is 0 Å². The van der Waals surface area contributed by atoms with Crippen LogP contribution in [0.2, 0.25) is 0 Å². The fourth-order valence-electron chi connectivity index (χ4n) is 7.42. The highest BCUT2D eigenvalue weighted by Crippen LogP contribution is 2.30. The topological polar surface area (TPSA) is 150 Å². The molecule has 1 unspecified atom stereocenters. The van der Waals surface area contributed by atoms with Crippen LogP contribution in [0.4, 0.5) is 0 Å². The number of aliphatic hydroxyl groups is 1. The van der Waals surface area contributed by atoms with Crippen molar-refractivity contribution in [3.63, 3.8) is 0 Å². The van der Waals surface area contributed by atoms with Crippen molar-refractivity contribution in [2.45, 2.75) is 130 Å². The van der Waals surface area contributed by atoms with Crippen LogP contribution in [0.1, 0.15) is 92.7 Å². The summed E-state index contributed by atoms with van der Waals surface area (Å²) in [5.74, 6) is -1.62. The Morgan fingerprint density at radius 3 is 2.04 bits per heavy atom. The Bertz CT molecular complexity index is 1250. The lowest BCUT2D eigenvalue weighted by Crippen LogP contribution is -2.59. The third-order valence-electron chi connectivity index (χ3n) is 10.7. The highest BCUT2D eigenvalue weighted by molar-refractivity contribution is 5.90. The zero-order valence-electron chi connectivity index (χ0n) is 33.1. The molecule has 290 valence electrons. The van der Waals surface area contributed by atoms with Crippen LogP contribution in [0.3, 0.4) is 0 Å². The second-order valence-electron chi connectivity index (χ2n) is 15.0. The highest BCUT2D eigenvalue weighted by atomic mass is 16.5. The van der Waals surface area contributed by atoms with Gasteiger partial charge in [0.05, 0.1) is 54.8 Å². The molecule has 1 aromatic rings. The van der Waals surface area contributed by atoms with Gasteiger partial charge in [0.15, 0.2) is 0 Å². The van der Waals surface area contributed by atoms with Gasteiger partial charge in [-0.1, -0.05) is 85.2 Å². The van der Waals surface area contributed by atoms with E-state index < -0.39 is 48.4 Å². The molecule has 0 aliphatic carbocycles. The molecule has 1 heterocycles. The van der Waals surface area contributed by atoms with Crippen molar-refractivity contribution in [2.75, 3.05) is 34.9 Å². The SMILES string of the molecule is CC[C@H](C)[C@@H]([C@@H](CC(=O)N1CCCC1[C@H](OC)[C@H](C)C(=O)N[C@H](C)[C@@H](O)c1ccccc1)OC)N(C)C(=O)[C@@H](NC(=O)[C@@H](NC)C(C)C)C(C)C. The van der Waals surface area contributed by atoms with Gasteiger partial charge in [-0.3, -0.25) is 19.2 Å². The molecule has 0 radical (unpaired) electrons. The van der Waals surface area contributed by atoms with Gasteiger partial charge >= 0.3 is 0 Å². The molecule has 0 bridgehead atoms. The molecule has 51 heavy (non-hydrogen) atoms. The second-order valence-corrected chi connectivity index (χ2v) is 15.0. The van der Waals surface area contributed by atoms with Crippen molar-refractivity contribution in [3.8, 4) is 0 Å². The van der Waals surface area contributed by atoms with Crippen molar-refractivity contribution < 1.29 is 33.8 Å². The summed E-state index contributed by atoms with van der Waals surface area (Å²) in [5, 5.41) is 19.8. The number of hydrogen-bond acceptors (Lipinski definition) is 8. The van der Waals surface area contributed by atoms with E-state index in [1.54, 1.807) is 52.0 Å². The van der Waals surface area contributed by atoms with E-state index in [9.17, 15) is 24.3 Å².